The molecule has 0 heterocycles. The molecule has 1 aromatic carbocycles. The molecule has 0 unspecified atom stereocenters. The molecule has 0 bridgehead atoms. The summed E-state index contributed by atoms with van der Waals surface area (Å²) in [5, 5.41) is 22.9. The maximum atomic E-state index is 12.0. The number of nitrogens with zero attached hydrogens (tertiary/aromatic N) is 1. The molecule has 1 amide bonds. The van der Waals surface area contributed by atoms with Gasteiger partial charge in [-0.1, -0.05) is 31.4 Å². The zero-order valence-corrected chi connectivity index (χ0v) is 12.5. The van der Waals surface area contributed by atoms with Gasteiger partial charge in [-0.15, -0.1) is 0 Å². The van der Waals surface area contributed by atoms with Crippen LogP contribution in [0.15, 0.2) is 30.3 Å². The zero-order chi connectivity index (χ0) is 16.9. The summed E-state index contributed by atoms with van der Waals surface area (Å²) >= 11 is 0. The molecule has 0 radical (unpaired) electrons. The Labute approximate surface area is 133 Å². The predicted octanol–water partition coefficient (Wildman–Crippen LogP) is 2.51. The maximum absolute atomic E-state index is 12.0. The van der Waals surface area contributed by atoms with Gasteiger partial charge in [0.1, 0.15) is 5.54 Å². The van der Waals surface area contributed by atoms with Crippen LogP contribution in [-0.4, -0.2) is 27.4 Å². The number of nitro groups is 1. The first-order valence-corrected chi connectivity index (χ1v) is 7.42. The van der Waals surface area contributed by atoms with Crippen LogP contribution in [0, 0.1) is 10.1 Å². The molecule has 2 N–H and O–H groups in total. The molecule has 1 saturated carbocycles. The van der Waals surface area contributed by atoms with E-state index in [1.54, 1.807) is 6.07 Å². The van der Waals surface area contributed by atoms with Gasteiger partial charge < -0.3 is 10.4 Å². The van der Waals surface area contributed by atoms with Gasteiger partial charge in [0.05, 0.1) is 10.5 Å². The molecule has 1 aliphatic carbocycles. The lowest BCUT2D eigenvalue weighted by Gasteiger charge is -2.33. The van der Waals surface area contributed by atoms with Crippen molar-refractivity contribution in [1.29, 1.82) is 0 Å². The minimum absolute atomic E-state index is 0.109. The van der Waals surface area contributed by atoms with E-state index in [9.17, 15) is 24.8 Å². The Morgan fingerprint density at radius 2 is 1.87 bits per heavy atom. The number of para-hydroxylation sites is 1. The monoisotopic (exact) mass is 318 g/mol. The fraction of sp³-hybridized carbons (Fsp3) is 0.375. The molecule has 122 valence electrons. The molecule has 0 atom stereocenters. The van der Waals surface area contributed by atoms with Gasteiger partial charge in [0, 0.05) is 12.1 Å². The van der Waals surface area contributed by atoms with Crippen LogP contribution in [0.25, 0.3) is 6.08 Å². The van der Waals surface area contributed by atoms with Crippen LogP contribution in [0.2, 0.25) is 0 Å². The SMILES string of the molecule is O=C(/C=C/c1ccccc1[N+](=O)[O-])NC1(C(=O)O)CCCCC1. The number of carboxylic acids is 1. The van der Waals surface area contributed by atoms with Gasteiger partial charge in [-0.05, 0) is 25.0 Å². The van der Waals surface area contributed by atoms with Gasteiger partial charge in [0.25, 0.3) is 5.69 Å². The van der Waals surface area contributed by atoms with Crippen molar-refractivity contribution < 1.29 is 19.6 Å². The number of benzene rings is 1. The zero-order valence-electron chi connectivity index (χ0n) is 12.5. The molecule has 0 spiro atoms. The minimum atomic E-state index is -1.23. The number of nitro benzene ring substituents is 1. The van der Waals surface area contributed by atoms with Crippen LogP contribution in [-0.2, 0) is 9.59 Å². The topological polar surface area (TPSA) is 110 Å². The highest BCUT2D eigenvalue weighted by atomic mass is 16.6. The number of aliphatic carboxylic acids is 1. The van der Waals surface area contributed by atoms with E-state index in [2.05, 4.69) is 5.32 Å². The first-order chi connectivity index (χ1) is 10.9. The molecule has 7 heteroatoms. The summed E-state index contributed by atoms with van der Waals surface area (Å²) in [5.41, 5.74) is -1.05. The third-order valence-electron chi connectivity index (χ3n) is 4.03. The van der Waals surface area contributed by atoms with E-state index in [-0.39, 0.29) is 5.69 Å². The summed E-state index contributed by atoms with van der Waals surface area (Å²) in [5.74, 6) is -1.60. The highest BCUT2D eigenvalue weighted by Crippen LogP contribution is 2.28. The van der Waals surface area contributed by atoms with E-state index in [0.717, 1.165) is 25.3 Å². The molecular weight excluding hydrogens is 300 g/mol. The number of nitrogens with one attached hydrogen (secondary N) is 1. The second kappa shape index (κ2) is 7.04. The summed E-state index contributed by atoms with van der Waals surface area (Å²) in [6, 6.07) is 6.04. The number of rotatable bonds is 5. The first-order valence-electron chi connectivity index (χ1n) is 7.42. The molecule has 23 heavy (non-hydrogen) atoms. The summed E-state index contributed by atoms with van der Waals surface area (Å²) in [4.78, 5) is 33.9. The number of hydrogen-bond donors (Lipinski definition) is 2. The standard InChI is InChI=1S/C16H18N2O5/c19-14(17-16(15(20)21)10-4-1-5-11-16)9-8-12-6-2-3-7-13(12)18(22)23/h2-3,6-9H,1,4-5,10-11H2,(H,17,19)(H,20,21)/b9-8+. The highest BCUT2D eigenvalue weighted by molar-refractivity contribution is 5.96. The van der Waals surface area contributed by atoms with Crippen LogP contribution in [0.4, 0.5) is 5.69 Å². The Morgan fingerprint density at radius 1 is 1.22 bits per heavy atom. The van der Waals surface area contributed by atoms with E-state index in [1.807, 2.05) is 0 Å². The van der Waals surface area contributed by atoms with E-state index in [0.29, 0.717) is 18.4 Å². The van der Waals surface area contributed by atoms with Gasteiger partial charge in [-0.3, -0.25) is 14.9 Å². The largest absolute Gasteiger partial charge is 0.480 e. The molecule has 0 aliphatic heterocycles. The van der Waals surface area contributed by atoms with E-state index in [4.69, 9.17) is 0 Å². The van der Waals surface area contributed by atoms with Crippen molar-refractivity contribution in [2.24, 2.45) is 0 Å². The second-order valence-corrected chi connectivity index (χ2v) is 5.59. The third kappa shape index (κ3) is 3.94. The Morgan fingerprint density at radius 3 is 2.48 bits per heavy atom. The Bertz CT molecular complexity index is 648. The Hall–Kier alpha value is -2.70. The van der Waals surface area contributed by atoms with Crippen LogP contribution >= 0.6 is 0 Å². The van der Waals surface area contributed by atoms with Crippen molar-refractivity contribution >= 4 is 23.6 Å². The molecule has 2 rings (SSSR count). The summed E-state index contributed by atoms with van der Waals surface area (Å²) < 4.78 is 0. The molecule has 1 aromatic rings. The molecular formula is C16H18N2O5. The van der Waals surface area contributed by atoms with Gasteiger partial charge in [-0.25, -0.2) is 4.79 Å². The van der Waals surface area contributed by atoms with Crippen molar-refractivity contribution in [3.8, 4) is 0 Å². The Balaban J connectivity index is 2.12. The number of carboxylic acid groups (broad SMARTS) is 1. The normalized spacial score (nSPS) is 16.9. The molecule has 0 saturated heterocycles. The van der Waals surface area contributed by atoms with Gasteiger partial charge in [0.15, 0.2) is 0 Å². The van der Waals surface area contributed by atoms with Crippen LogP contribution in [0.3, 0.4) is 0 Å². The predicted molar refractivity (Wildman–Crippen MR) is 83.7 cm³/mol. The quantitative estimate of drug-likeness (QED) is 0.492. The van der Waals surface area contributed by atoms with E-state index < -0.39 is 22.3 Å². The number of carbonyl (C=O) groups is 2. The van der Waals surface area contributed by atoms with Crippen molar-refractivity contribution in [3.63, 3.8) is 0 Å². The molecule has 1 aliphatic rings. The molecule has 0 aromatic heterocycles. The third-order valence-corrected chi connectivity index (χ3v) is 4.03. The van der Waals surface area contributed by atoms with Gasteiger partial charge in [0.2, 0.25) is 5.91 Å². The average Bonchev–Trinajstić information content (AvgIpc) is 2.54. The van der Waals surface area contributed by atoms with Crippen molar-refractivity contribution in [1.82, 2.24) is 5.32 Å². The summed E-state index contributed by atoms with van der Waals surface area (Å²) in [6.07, 6.45) is 5.71. The van der Waals surface area contributed by atoms with Crippen LogP contribution in [0.5, 0.6) is 0 Å². The van der Waals surface area contributed by atoms with Crippen molar-refractivity contribution in [2.45, 2.75) is 37.6 Å². The minimum Gasteiger partial charge on any atom is -0.480 e. The fourth-order valence-electron chi connectivity index (χ4n) is 2.79. The number of carbonyl (C=O) groups excluding carboxylic acids is 1. The lowest BCUT2D eigenvalue weighted by atomic mass is 9.81. The summed E-state index contributed by atoms with van der Waals surface area (Å²) in [6.45, 7) is 0. The average molecular weight is 318 g/mol. The smallest absolute Gasteiger partial charge is 0.329 e. The van der Waals surface area contributed by atoms with Crippen molar-refractivity contribution in [2.75, 3.05) is 0 Å². The van der Waals surface area contributed by atoms with Crippen LogP contribution in [0.1, 0.15) is 37.7 Å². The number of hydrogen-bond acceptors (Lipinski definition) is 4. The second-order valence-electron chi connectivity index (χ2n) is 5.59. The van der Waals surface area contributed by atoms with E-state index in [1.165, 1.54) is 24.3 Å². The Kier molecular flexibility index (Phi) is 5.10. The van der Waals surface area contributed by atoms with Crippen molar-refractivity contribution in [3.05, 3.63) is 46.0 Å². The molecule has 7 nitrogen and oxygen atoms in total. The van der Waals surface area contributed by atoms with Crippen LogP contribution < -0.4 is 5.32 Å². The van der Waals surface area contributed by atoms with E-state index >= 15 is 0 Å². The highest BCUT2D eigenvalue weighted by Gasteiger charge is 2.40. The summed E-state index contributed by atoms with van der Waals surface area (Å²) in [7, 11) is 0. The lowest BCUT2D eigenvalue weighted by molar-refractivity contribution is -0.385. The molecule has 1 fully saturated rings. The fourth-order valence-corrected chi connectivity index (χ4v) is 2.79. The van der Waals surface area contributed by atoms with Gasteiger partial charge in [-0.2, -0.15) is 0 Å². The van der Waals surface area contributed by atoms with Gasteiger partial charge >= 0.3 is 5.97 Å². The maximum Gasteiger partial charge on any atom is 0.329 e. The first kappa shape index (κ1) is 16.7. The number of amides is 1. The lowest BCUT2D eigenvalue weighted by Crippen LogP contribution is -2.55.